The maximum absolute atomic E-state index is 11.4. The number of nitrogens with two attached hydrogens (primary N) is 1. The van der Waals surface area contributed by atoms with Gasteiger partial charge in [-0.3, -0.25) is 9.89 Å². The summed E-state index contributed by atoms with van der Waals surface area (Å²) in [5.74, 6) is 0.363. The largest absolute Gasteiger partial charge is 0.382 e. The molecule has 1 aromatic carbocycles. The van der Waals surface area contributed by atoms with Gasteiger partial charge in [0.05, 0.1) is 11.3 Å². The number of aromatic nitrogens is 3. The van der Waals surface area contributed by atoms with Crippen LogP contribution in [0.15, 0.2) is 47.4 Å². The molecule has 0 aliphatic heterocycles. The number of hydrogen-bond acceptors (Lipinski definition) is 3. The van der Waals surface area contributed by atoms with E-state index in [0.29, 0.717) is 22.1 Å². The lowest BCUT2D eigenvalue weighted by Gasteiger charge is -2.05. The van der Waals surface area contributed by atoms with Crippen LogP contribution in [0.1, 0.15) is 0 Å². The topological polar surface area (TPSA) is 87.6 Å². The predicted octanol–water partition coefficient (Wildman–Crippen LogP) is 2.67. The van der Waals surface area contributed by atoms with Crippen molar-refractivity contribution in [1.29, 1.82) is 0 Å². The molecule has 0 aliphatic carbocycles. The Morgan fingerprint density at radius 2 is 2.00 bits per heavy atom. The number of halogens is 1. The van der Waals surface area contributed by atoms with E-state index < -0.39 is 0 Å². The molecule has 2 heterocycles. The maximum atomic E-state index is 11.4. The summed E-state index contributed by atoms with van der Waals surface area (Å²) in [5.41, 5.74) is 8.73. The second-order valence-electron chi connectivity index (χ2n) is 4.31. The van der Waals surface area contributed by atoms with Crippen LogP contribution < -0.4 is 11.3 Å². The minimum Gasteiger partial charge on any atom is -0.382 e. The summed E-state index contributed by atoms with van der Waals surface area (Å²) < 4.78 is 0. The van der Waals surface area contributed by atoms with Crippen LogP contribution in [-0.4, -0.2) is 15.2 Å². The molecule has 100 valence electrons. The van der Waals surface area contributed by atoms with E-state index in [1.165, 1.54) is 6.07 Å². The van der Waals surface area contributed by atoms with Gasteiger partial charge in [-0.25, -0.2) is 0 Å². The van der Waals surface area contributed by atoms with Gasteiger partial charge in [-0.1, -0.05) is 23.7 Å². The van der Waals surface area contributed by atoms with Gasteiger partial charge in [0, 0.05) is 22.8 Å². The van der Waals surface area contributed by atoms with Crippen molar-refractivity contribution in [3.63, 3.8) is 0 Å². The average molecular weight is 287 g/mol. The molecule has 20 heavy (non-hydrogen) atoms. The number of nitrogens with zero attached hydrogens (tertiary/aromatic N) is 1. The highest BCUT2D eigenvalue weighted by Gasteiger charge is 2.15. The van der Waals surface area contributed by atoms with E-state index in [1.54, 1.807) is 24.4 Å². The SMILES string of the molecule is Nc1n[nH]c(-c2cc[nH]c(=O)c2)c1-c1cccc(Cl)c1. The number of H-pyrrole nitrogens is 2. The molecule has 0 saturated heterocycles. The van der Waals surface area contributed by atoms with Crippen molar-refractivity contribution in [3.05, 3.63) is 58.0 Å². The molecule has 2 aromatic heterocycles. The molecule has 3 aromatic rings. The lowest BCUT2D eigenvalue weighted by molar-refractivity contribution is 1.10. The predicted molar refractivity (Wildman–Crippen MR) is 79.5 cm³/mol. The van der Waals surface area contributed by atoms with Gasteiger partial charge in [-0.15, -0.1) is 0 Å². The number of hydrogen-bond donors (Lipinski definition) is 3. The van der Waals surface area contributed by atoms with Crippen molar-refractivity contribution in [3.8, 4) is 22.4 Å². The van der Waals surface area contributed by atoms with E-state index in [1.807, 2.05) is 12.1 Å². The molecule has 0 saturated carbocycles. The van der Waals surface area contributed by atoms with E-state index in [0.717, 1.165) is 11.1 Å². The zero-order valence-corrected chi connectivity index (χ0v) is 11.1. The minimum absolute atomic E-state index is 0.187. The number of nitrogen functional groups attached to an aromatic ring is 1. The van der Waals surface area contributed by atoms with Gasteiger partial charge in [0.15, 0.2) is 5.82 Å². The molecule has 0 bridgehead atoms. The first kappa shape index (κ1) is 12.5. The van der Waals surface area contributed by atoms with Crippen LogP contribution in [0.4, 0.5) is 5.82 Å². The van der Waals surface area contributed by atoms with Crippen LogP contribution in [0.3, 0.4) is 0 Å². The van der Waals surface area contributed by atoms with E-state index in [2.05, 4.69) is 15.2 Å². The number of rotatable bonds is 2. The van der Waals surface area contributed by atoms with Crippen LogP contribution in [0, 0.1) is 0 Å². The normalized spacial score (nSPS) is 10.7. The van der Waals surface area contributed by atoms with Gasteiger partial charge in [0.1, 0.15) is 0 Å². The molecule has 0 fully saturated rings. The number of aromatic amines is 2. The summed E-state index contributed by atoms with van der Waals surface area (Å²) in [7, 11) is 0. The monoisotopic (exact) mass is 286 g/mol. The van der Waals surface area contributed by atoms with Crippen LogP contribution in [0.25, 0.3) is 22.4 Å². The number of benzene rings is 1. The fourth-order valence-corrected chi connectivity index (χ4v) is 2.29. The summed E-state index contributed by atoms with van der Waals surface area (Å²) >= 11 is 6.01. The lowest BCUT2D eigenvalue weighted by atomic mass is 10.0. The maximum Gasteiger partial charge on any atom is 0.248 e. The second-order valence-corrected chi connectivity index (χ2v) is 4.75. The highest BCUT2D eigenvalue weighted by atomic mass is 35.5. The molecule has 3 rings (SSSR count). The lowest BCUT2D eigenvalue weighted by Crippen LogP contribution is -2.02. The van der Waals surface area contributed by atoms with Crippen molar-refractivity contribution >= 4 is 17.4 Å². The Morgan fingerprint density at radius 1 is 1.15 bits per heavy atom. The average Bonchev–Trinajstić information content (AvgIpc) is 2.80. The van der Waals surface area contributed by atoms with Crippen molar-refractivity contribution < 1.29 is 0 Å². The third kappa shape index (κ3) is 2.19. The Morgan fingerprint density at radius 3 is 2.75 bits per heavy atom. The van der Waals surface area contributed by atoms with Gasteiger partial charge < -0.3 is 10.7 Å². The summed E-state index contributed by atoms with van der Waals surface area (Å²) in [6.45, 7) is 0. The summed E-state index contributed by atoms with van der Waals surface area (Å²) in [4.78, 5) is 14.0. The molecule has 0 unspecified atom stereocenters. The fourth-order valence-electron chi connectivity index (χ4n) is 2.10. The zero-order valence-electron chi connectivity index (χ0n) is 10.4. The Balaban J connectivity index is 2.22. The fraction of sp³-hybridized carbons (Fsp3) is 0. The molecule has 4 N–H and O–H groups in total. The quantitative estimate of drug-likeness (QED) is 0.677. The summed E-state index contributed by atoms with van der Waals surface area (Å²) in [6, 6.07) is 10.6. The van der Waals surface area contributed by atoms with Gasteiger partial charge in [-0.2, -0.15) is 5.10 Å². The number of nitrogens with one attached hydrogen (secondary N) is 2. The van der Waals surface area contributed by atoms with Crippen molar-refractivity contribution in [2.45, 2.75) is 0 Å². The molecule has 0 aliphatic rings. The molecular formula is C14H11ClN4O. The van der Waals surface area contributed by atoms with E-state index >= 15 is 0 Å². The first-order valence-electron chi connectivity index (χ1n) is 5.94. The first-order chi connectivity index (χ1) is 9.65. The Labute approximate surface area is 119 Å². The molecule has 0 radical (unpaired) electrons. The molecule has 0 atom stereocenters. The molecule has 0 amide bonds. The molecule has 5 nitrogen and oxygen atoms in total. The third-order valence-corrected chi connectivity index (χ3v) is 3.21. The minimum atomic E-state index is -0.187. The van der Waals surface area contributed by atoms with Crippen LogP contribution >= 0.6 is 11.6 Å². The molecule has 0 spiro atoms. The van der Waals surface area contributed by atoms with Crippen molar-refractivity contribution in [1.82, 2.24) is 15.2 Å². The van der Waals surface area contributed by atoms with Crippen molar-refractivity contribution in [2.75, 3.05) is 5.73 Å². The van der Waals surface area contributed by atoms with Gasteiger partial charge in [0.2, 0.25) is 5.56 Å². The van der Waals surface area contributed by atoms with Crippen LogP contribution in [0.2, 0.25) is 5.02 Å². The summed E-state index contributed by atoms with van der Waals surface area (Å²) in [6.07, 6.45) is 1.58. The molecular weight excluding hydrogens is 276 g/mol. The Hall–Kier alpha value is -2.53. The Bertz CT molecular complexity index is 822. The first-order valence-corrected chi connectivity index (χ1v) is 6.32. The number of pyridine rings is 1. The van der Waals surface area contributed by atoms with E-state index in [4.69, 9.17) is 17.3 Å². The standard InChI is InChI=1S/C14H11ClN4O/c15-10-3-1-2-8(6-10)12-13(18-19-14(12)16)9-4-5-17-11(20)7-9/h1-7H,(H,17,20)(H3,16,18,19). The zero-order chi connectivity index (χ0) is 14.1. The van der Waals surface area contributed by atoms with E-state index in [9.17, 15) is 4.79 Å². The Kier molecular flexibility index (Phi) is 3.04. The van der Waals surface area contributed by atoms with Gasteiger partial charge >= 0.3 is 0 Å². The highest BCUT2D eigenvalue weighted by molar-refractivity contribution is 6.30. The van der Waals surface area contributed by atoms with Crippen LogP contribution in [-0.2, 0) is 0 Å². The van der Waals surface area contributed by atoms with Gasteiger partial charge in [-0.05, 0) is 23.8 Å². The highest BCUT2D eigenvalue weighted by Crippen LogP contribution is 2.34. The van der Waals surface area contributed by atoms with Crippen molar-refractivity contribution in [2.24, 2.45) is 0 Å². The number of anilines is 1. The second kappa shape index (κ2) is 4.86. The van der Waals surface area contributed by atoms with E-state index in [-0.39, 0.29) is 5.56 Å². The smallest absolute Gasteiger partial charge is 0.248 e. The third-order valence-electron chi connectivity index (χ3n) is 2.97. The summed E-state index contributed by atoms with van der Waals surface area (Å²) in [5, 5.41) is 7.50. The van der Waals surface area contributed by atoms with Gasteiger partial charge in [0.25, 0.3) is 0 Å². The molecule has 6 heteroatoms. The van der Waals surface area contributed by atoms with Crippen LogP contribution in [0.5, 0.6) is 0 Å².